The van der Waals surface area contributed by atoms with Crippen molar-refractivity contribution in [3.05, 3.63) is 104 Å². The van der Waals surface area contributed by atoms with Gasteiger partial charge in [-0.1, -0.05) is 35.9 Å². The molecule has 0 saturated carbocycles. The van der Waals surface area contributed by atoms with Crippen LogP contribution in [0.25, 0.3) is 11.0 Å². The number of aromatic hydroxyl groups is 1. The standard InChI is InChI=1S/C27H22ClNO5/c1-15-12-22-20(14-21(15)28)25(31)23-24(17-4-3-5-18(30)13-17)29(27(32)26(23)34-22)11-10-16-6-8-19(33-2)9-7-16/h3-9,12-14,24,30H,10-11H2,1-2H3. The molecule has 0 spiro atoms. The molecule has 0 bridgehead atoms. The summed E-state index contributed by atoms with van der Waals surface area (Å²) in [5.74, 6) is 0.476. The number of phenolic OH excluding ortho intramolecular Hbond substituents is 1. The predicted molar refractivity (Wildman–Crippen MR) is 130 cm³/mol. The van der Waals surface area contributed by atoms with E-state index in [4.69, 9.17) is 20.8 Å². The van der Waals surface area contributed by atoms with Crippen LogP contribution < -0.4 is 10.2 Å². The number of hydrogen-bond donors (Lipinski definition) is 1. The van der Waals surface area contributed by atoms with Crippen LogP contribution in [0.4, 0.5) is 0 Å². The van der Waals surface area contributed by atoms with Crippen LogP contribution in [0.15, 0.2) is 69.9 Å². The topological polar surface area (TPSA) is 80.0 Å². The first kappa shape index (κ1) is 22.0. The van der Waals surface area contributed by atoms with E-state index < -0.39 is 6.04 Å². The number of ether oxygens (including phenoxy) is 1. The van der Waals surface area contributed by atoms with Gasteiger partial charge in [-0.25, -0.2) is 0 Å². The Morgan fingerprint density at radius 1 is 1.09 bits per heavy atom. The number of nitrogens with zero attached hydrogens (tertiary/aromatic N) is 1. The molecule has 0 fully saturated rings. The molecular formula is C27H22ClNO5. The molecule has 2 heterocycles. The second-order valence-corrected chi connectivity index (χ2v) is 8.77. The lowest BCUT2D eigenvalue weighted by Gasteiger charge is -2.25. The summed E-state index contributed by atoms with van der Waals surface area (Å²) < 4.78 is 11.2. The number of rotatable bonds is 5. The molecular weight excluding hydrogens is 454 g/mol. The van der Waals surface area contributed by atoms with E-state index in [1.54, 1.807) is 48.4 Å². The van der Waals surface area contributed by atoms with Gasteiger partial charge in [0.2, 0.25) is 5.76 Å². The van der Waals surface area contributed by atoms with E-state index in [1.807, 2.05) is 31.2 Å². The minimum absolute atomic E-state index is 0.0299. The summed E-state index contributed by atoms with van der Waals surface area (Å²) >= 11 is 6.28. The highest BCUT2D eigenvalue weighted by atomic mass is 35.5. The van der Waals surface area contributed by atoms with Crippen molar-refractivity contribution < 1.29 is 19.1 Å². The molecule has 6 nitrogen and oxygen atoms in total. The highest BCUT2D eigenvalue weighted by Gasteiger charge is 2.42. The van der Waals surface area contributed by atoms with Crippen LogP contribution in [0, 0.1) is 6.92 Å². The van der Waals surface area contributed by atoms with Crippen LogP contribution in [0.2, 0.25) is 5.02 Å². The Labute approximate surface area is 201 Å². The maximum atomic E-state index is 13.6. The second-order valence-electron chi connectivity index (χ2n) is 8.37. The van der Waals surface area contributed by atoms with Gasteiger partial charge in [-0.15, -0.1) is 0 Å². The maximum Gasteiger partial charge on any atom is 0.290 e. The monoisotopic (exact) mass is 475 g/mol. The van der Waals surface area contributed by atoms with E-state index in [0.717, 1.165) is 16.9 Å². The lowest BCUT2D eigenvalue weighted by atomic mass is 9.98. The van der Waals surface area contributed by atoms with E-state index in [2.05, 4.69) is 0 Å². The number of fused-ring (bicyclic) bond motifs is 2. The molecule has 1 amide bonds. The van der Waals surface area contributed by atoms with Gasteiger partial charge in [0.05, 0.1) is 24.1 Å². The van der Waals surface area contributed by atoms with E-state index in [9.17, 15) is 14.7 Å². The molecule has 172 valence electrons. The quantitative estimate of drug-likeness (QED) is 0.426. The number of amides is 1. The Hall–Kier alpha value is -3.77. The zero-order chi connectivity index (χ0) is 24.0. The van der Waals surface area contributed by atoms with Gasteiger partial charge >= 0.3 is 0 Å². The smallest absolute Gasteiger partial charge is 0.290 e. The molecule has 0 radical (unpaired) electrons. The number of benzene rings is 3. The number of carbonyl (C=O) groups is 1. The average Bonchev–Trinajstić information content (AvgIpc) is 3.11. The lowest BCUT2D eigenvalue weighted by molar-refractivity contribution is 0.0730. The van der Waals surface area contributed by atoms with Crippen molar-refractivity contribution in [2.24, 2.45) is 0 Å². The molecule has 34 heavy (non-hydrogen) atoms. The van der Waals surface area contributed by atoms with E-state index in [-0.39, 0.29) is 28.4 Å². The number of methoxy groups -OCH3 is 1. The molecule has 1 unspecified atom stereocenters. The van der Waals surface area contributed by atoms with E-state index in [1.165, 1.54) is 0 Å². The summed E-state index contributed by atoms with van der Waals surface area (Å²) in [6, 6.07) is 16.8. The first-order valence-corrected chi connectivity index (χ1v) is 11.2. The first-order valence-electron chi connectivity index (χ1n) is 10.9. The largest absolute Gasteiger partial charge is 0.508 e. The third-order valence-electron chi connectivity index (χ3n) is 6.23. The summed E-state index contributed by atoms with van der Waals surface area (Å²) in [6.45, 7) is 2.17. The highest BCUT2D eigenvalue weighted by molar-refractivity contribution is 6.32. The number of aryl methyl sites for hydroxylation is 1. The number of halogens is 1. The van der Waals surface area contributed by atoms with Crippen molar-refractivity contribution >= 4 is 28.5 Å². The fourth-order valence-electron chi connectivity index (χ4n) is 4.45. The molecule has 1 aliphatic heterocycles. The summed E-state index contributed by atoms with van der Waals surface area (Å²) in [6.07, 6.45) is 0.567. The third kappa shape index (κ3) is 3.70. The predicted octanol–water partition coefficient (Wildman–Crippen LogP) is 5.26. The zero-order valence-electron chi connectivity index (χ0n) is 18.7. The van der Waals surface area contributed by atoms with Gasteiger partial charge in [0.25, 0.3) is 5.91 Å². The first-order chi connectivity index (χ1) is 16.4. The number of hydrogen-bond acceptors (Lipinski definition) is 5. The summed E-state index contributed by atoms with van der Waals surface area (Å²) in [7, 11) is 1.61. The molecule has 5 rings (SSSR count). The van der Waals surface area contributed by atoms with Gasteiger partial charge in [-0.05, 0) is 66.4 Å². The van der Waals surface area contributed by atoms with Crippen LogP contribution in [0.5, 0.6) is 11.5 Å². The number of carbonyl (C=O) groups excluding carboxylic acids is 1. The van der Waals surface area contributed by atoms with Gasteiger partial charge in [0, 0.05) is 11.6 Å². The van der Waals surface area contributed by atoms with Gasteiger partial charge in [0.1, 0.15) is 17.1 Å². The summed E-state index contributed by atoms with van der Waals surface area (Å²) in [4.78, 5) is 28.8. The maximum absolute atomic E-state index is 13.6. The zero-order valence-corrected chi connectivity index (χ0v) is 19.4. The van der Waals surface area contributed by atoms with Crippen molar-refractivity contribution in [3.8, 4) is 11.5 Å². The Bertz CT molecular complexity index is 1480. The minimum Gasteiger partial charge on any atom is -0.508 e. The van der Waals surface area contributed by atoms with Gasteiger partial charge < -0.3 is 19.2 Å². The Morgan fingerprint density at radius 3 is 2.56 bits per heavy atom. The second kappa shape index (κ2) is 8.54. The summed E-state index contributed by atoms with van der Waals surface area (Å²) in [5.41, 5.74) is 2.69. The Morgan fingerprint density at radius 2 is 1.85 bits per heavy atom. The van der Waals surface area contributed by atoms with Gasteiger partial charge in [0.15, 0.2) is 5.43 Å². The van der Waals surface area contributed by atoms with Crippen LogP contribution >= 0.6 is 11.6 Å². The fraction of sp³-hybridized carbons (Fsp3) is 0.185. The molecule has 0 aliphatic carbocycles. The van der Waals surface area contributed by atoms with Crippen molar-refractivity contribution in [2.75, 3.05) is 13.7 Å². The Balaban J connectivity index is 1.62. The Kier molecular flexibility index (Phi) is 5.54. The SMILES string of the molecule is COc1ccc(CCN2C(=O)c3oc4cc(C)c(Cl)cc4c(=O)c3C2c2cccc(O)c2)cc1. The van der Waals surface area contributed by atoms with E-state index in [0.29, 0.717) is 34.5 Å². The van der Waals surface area contributed by atoms with Gasteiger partial charge in [-0.3, -0.25) is 9.59 Å². The van der Waals surface area contributed by atoms with Crippen molar-refractivity contribution in [1.29, 1.82) is 0 Å². The third-order valence-corrected chi connectivity index (χ3v) is 6.64. The molecule has 0 saturated heterocycles. The van der Waals surface area contributed by atoms with E-state index >= 15 is 0 Å². The van der Waals surface area contributed by atoms with Crippen LogP contribution in [0.1, 0.15) is 38.9 Å². The van der Waals surface area contributed by atoms with Crippen LogP contribution in [0.3, 0.4) is 0 Å². The molecule has 1 aromatic heterocycles. The average molecular weight is 476 g/mol. The molecule has 7 heteroatoms. The molecule has 1 aliphatic rings. The number of phenols is 1. The van der Waals surface area contributed by atoms with Crippen molar-refractivity contribution in [1.82, 2.24) is 4.90 Å². The minimum atomic E-state index is -0.687. The fourth-order valence-corrected chi connectivity index (χ4v) is 4.62. The molecule has 4 aromatic rings. The molecule has 1 N–H and O–H groups in total. The molecule has 3 aromatic carbocycles. The van der Waals surface area contributed by atoms with Crippen molar-refractivity contribution in [3.63, 3.8) is 0 Å². The van der Waals surface area contributed by atoms with Gasteiger partial charge in [-0.2, -0.15) is 0 Å². The highest BCUT2D eigenvalue weighted by Crippen LogP contribution is 2.39. The van der Waals surface area contributed by atoms with Crippen molar-refractivity contribution in [2.45, 2.75) is 19.4 Å². The van der Waals surface area contributed by atoms with Crippen LogP contribution in [-0.4, -0.2) is 29.6 Å². The lowest BCUT2D eigenvalue weighted by Crippen LogP contribution is -2.31. The normalized spacial score (nSPS) is 15.1. The summed E-state index contributed by atoms with van der Waals surface area (Å²) in [5, 5.41) is 10.9. The van der Waals surface area contributed by atoms with Crippen LogP contribution in [-0.2, 0) is 6.42 Å². The molecule has 1 atom stereocenters.